The minimum atomic E-state index is -0.412. The fourth-order valence-electron chi connectivity index (χ4n) is 4.06. The van der Waals surface area contributed by atoms with Gasteiger partial charge in [0.15, 0.2) is 5.96 Å². The Labute approximate surface area is 224 Å². The van der Waals surface area contributed by atoms with E-state index in [9.17, 15) is 10.1 Å². The number of methoxy groups -OCH3 is 1. The van der Waals surface area contributed by atoms with Crippen molar-refractivity contribution in [2.75, 3.05) is 32.1 Å². The number of nitrogens with one attached hydrogen (secondary N) is 1. The van der Waals surface area contributed by atoms with Gasteiger partial charge < -0.3 is 26.3 Å². The van der Waals surface area contributed by atoms with Gasteiger partial charge in [0.05, 0.1) is 29.8 Å². The van der Waals surface area contributed by atoms with Crippen molar-refractivity contribution in [2.24, 2.45) is 16.5 Å². The quantitative estimate of drug-likeness (QED) is 0.214. The first kappa shape index (κ1) is 26.3. The summed E-state index contributed by atoms with van der Waals surface area (Å²) < 4.78 is 10.9. The van der Waals surface area contributed by atoms with Gasteiger partial charge >= 0.3 is 0 Å². The number of carbonyl (C=O) groups is 1. The molecule has 0 atom stereocenters. The molecule has 0 unspecified atom stereocenters. The second-order valence-electron chi connectivity index (χ2n) is 8.38. The molecule has 192 valence electrons. The highest BCUT2D eigenvalue weighted by Gasteiger charge is 2.26. The second kappa shape index (κ2) is 12.0. The van der Waals surface area contributed by atoms with Crippen LogP contribution in [0.1, 0.15) is 31.9 Å². The SMILES string of the molecule is COc1ccc(CN2CCc3c(sc(NC(=O)c4cc(OCCN=C(N)N)ccc4Cl)c3C#N)C2)cc1. The largest absolute Gasteiger partial charge is 0.497 e. The van der Waals surface area contributed by atoms with Crippen molar-refractivity contribution in [3.8, 4) is 17.6 Å². The lowest BCUT2D eigenvalue weighted by atomic mass is 10.0. The fourth-order valence-corrected chi connectivity index (χ4v) is 5.50. The lowest BCUT2D eigenvalue weighted by Crippen LogP contribution is -2.29. The average molecular weight is 539 g/mol. The molecular weight excluding hydrogens is 512 g/mol. The van der Waals surface area contributed by atoms with Crippen LogP contribution in [0.15, 0.2) is 47.5 Å². The zero-order chi connectivity index (χ0) is 26.4. The molecular formula is C26H27ClN6O3S. The minimum absolute atomic E-state index is 0.0180. The number of hydrogen-bond donors (Lipinski definition) is 3. The van der Waals surface area contributed by atoms with Crippen molar-refractivity contribution in [1.29, 1.82) is 5.26 Å². The molecule has 2 aromatic carbocycles. The molecule has 1 aliphatic rings. The summed E-state index contributed by atoms with van der Waals surface area (Å²) in [5.41, 5.74) is 13.6. The molecule has 0 fully saturated rings. The number of halogens is 1. The molecule has 5 N–H and O–H groups in total. The standard InChI is InChI=1S/C26H27ClN6O3S/c1-35-17-4-2-16(3-5-17)14-33-10-8-19-21(13-28)25(37-23(19)15-33)32-24(34)20-12-18(6-7-22(20)27)36-11-9-31-26(29)30/h2-7,12H,8-11,14-15H2,1H3,(H,32,34)(H4,29,30,31). The van der Waals surface area contributed by atoms with E-state index in [0.29, 0.717) is 22.9 Å². The van der Waals surface area contributed by atoms with E-state index in [2.05, 4.69) is 33.4 Å². The number of guanidine groups is 1. The molecule has 0 saturated heterocycles. The molecule has 2 heterocycles. The molecule has 0 aliphatic carbocycles. The number of amides is 1. The van der Waals surface area contributed by atoms with Gasteiger partial charge in [-0.3, -0.25) is 14.7 Å². The summed E-state index contributed by atoms with van der Waals surface area (Å²) >= 11 is 7.73. The van der Waals surface area contributed by atoms with Crippen molar-refractivity contribution in [2.45, 2.75) is 19.5 Å². The van der Waals surface area contributed by atoms with Crippen molar-refractivity contribution < 1.29 is 14.3 Å². The van der Waals surface area contributed by atoms with Crippen LogP contribution >= 0.6 is 22.9 Å². The molecule has 9 nitrogen and oxygen atoms in total. The van der Waals surface area contributed by atoms with Crippen LogP contribution in [0.5, 0.6) is 11.5 Å². The van der Waals surface area contributed by atoms with E-state index < -0.39 is 5.91 Å². The van der Waals surface area contributed by atoms with E-state index in [0.717, 1.165) is 35.7 Å². The Bertz CT molecular complexity index is 1350. The number of aliphatic imine (C=N–C) groups is 1. The predicted molar refractivity (Wildman–Crippen MR) is 145 cm³/mol. The van der Waals surface area contributed by atoms with Crippen LogP contribution in [-0.2, 0) is 19.5 Å². The van der Waals surface area contributed by atoms with E-state index in [-0.39, 0.29) is 29.7 Å². The summed E-state index contributed by atoms with van der Waals surface area (Å²) in [6.07, 6.45) is 0.737. The van der Waals surface area contributed by atoms with Crippen LogP contribution in [0.25, 0.3) is 0 Å². The molecule has 3 aromatic rings. The maximum atomic E-state index is 13.1. The van der Waals surface area contributed by atoms with Gasteiger partial charge in [-0.05, 0) is 47.9 Å². The number of thiophene rings is 1. The Balaban J connectivity index is 1.45. The molecule has 4 rings (SSSR count). The third kappa shape index (κ3) is 6.51. The van der Waals surface area contributed by atoms with Crippen molar-refractivity contribution in [1.82, 2.24) is 4.90 Å². The number of nitrogens with two attached hydrogens (primary N) is 2. The summed E-state index contributed by atoms with van der Waals surface area (Å²) in [5, 5.41) is 13.6. The van der Waals surface area contributed by atoms with Gasteiger partial charge in [-0.1, -0.05) is 23.7 Å². The van der Waals surface area contributed by atoms with Gasteiger partial charge in [0, 0.05) is 24.5 Å². The second-order valence-corrected chi connectivity index (χ2v) is 9.89. The number of ether oxygens (including phenoxy) is 2. The molecule has 11 heteroatoms. The van der Waals surface area contributed by atoms with E-state index >= 15 is 0 Å². The average Bonchev–Trinajstić information content (AvgIpc) is 3.23. The topological polar surface area (TPSA) is 139 Å². The van der Waals surface area contributed by atoms with Crippen LogP contribution in [-0.4, -0.2) is 43.6 Å². The zero-order valence-corrected chi connectivity index (χ0v) is 21.9. The highest BCUT2D eigenvalue weighted by molar-refractivity contribution is 7.16. The first-order valence-corrected chi connectivity index (χ1v) is 12.8. The highest BCUT2D eigenvalue weighted by atomic mass is 35.5. The van der Waals surface area contributed by atoms with E-state index in [4.69, 9.17) is 32.5 Å². The Hall–Kier alpha value is -3.78. The Morgan fingerprint density at radius 2 is 2.00 bits per heavy atom. The molecule has 1 aromatic heterocycles. The number of rotatable bonds is 9. The van der Waals surface area contributed by atoms with Gasteiger partial charge in [-0.15, -0.1) is 11.3 Å². The first-order chi connectivity index (χ1) is 17.9. The summed E-state index contributed by atoms with van der Waals surface area (Å²) in [5.74, 6) is 0.853. The molecule has 0 saturated carbocycles. The van der Waals surface area contributed by atoms with Crippen LogP contribution in [0, 0.1) is 11.3 Å². The first-order valence-electron chi connectivity index (χ1n) is 11.6. The predicted octanol–water partition coefficient (Wildman–Crippen LogP) is 3.74. The molecule has 1 amide bonds. The molecule has 1 aliphatic heterocycles. The zero-order valence-electron chi connectivity index (χ0n) is 20.3. The normalized spacial score (nSPS) is 12.8. The van der Waals surface area contributed by atoms with E-state index in [1.165, 1.54) is 16.9 Å². The van der Waals surface area contributed by atoms with Gasteiger partial charge in [-0.2, -0.15) is 5.26 Å². The maximum Gasteiger partial charge on any atom is 0.257 e. The number of fused-ring (bicyclic) bond motifs is 1. The number of nitrogens with zero attached hydrogens (tertiary/aromatic N) is 3. The summed E-state index contributed by atoms with van der Waals surface area (Å²) in [6.45, 7) is 2.84. The fraction of sp³-hybridized carbons (Fsp3) is 0.269. The summed E-state index contributed by atoms with van der Waals surface area (Å²) in [7, 11) is 1.65. The van der Waals surface area contributed by atoms with Gasteiger partial charge in [0.25, 0.3) is 5.91 Å². The summed E-state index contributed by atoms with van der Waals surface area (Å²) in [6, 6.07) is 15.1. The lowest BCUT2D eigenvalue weighted by molar-refractivity contribution is 0.102. The van der Waals surface area contributed by atoms with Crippen molar-refractivity contribution in [3.05, 3.63) is 74.6 Å². The van der Waals surface area contributed by atoms with Gasteiger partial charge in [-0.25, -0.2) is 0 Å². The number of benzene rings is 2. The van der Waals surface area contributed by atoms with Crippen LogP contribution in [0.2, 0.25) is 5.02 Å². The highest BCUT2D eigenvalue weighted by Crippen LogP contribution is 2.37. The smallest absolute Gasteiger partial charge is 0.257 e. The number of anilines is 1. The number of hydrogen-bond acceptors (Lipinski definition) is 7. The Morgan fingerprint density at radius 1 is 1.24 bits per heavy atom. The number of nitriles is 1. The van der Waals surface area contributed by atoms with E-state index in [1.807, 2.05) is 12.1 Å². The van der Waals surface area contributed by atoms with Gasteiger partial charge in [0.2, 0.25) is 0 Å². The molecule has 0 radical (unpaired) electrons. The monoisotopic (exact) mass is 538 g/mol. The number of carbonyl (C=O) groups excluding carboxylic acids is 1. The summed E-state index contributed by atoms with van der Waals surface area (Å²) in [4.78, 5) is 20.4. The van der Waals surface area contributed by atoms with Crippen LogP contribution in [0.3, 0.4) is 0 Å². The minimum Gasteiger partial charge on any atom is -0.497 e. The third-order valence-corrected chi connectivity index (χ3v) is 7.34. The maximum absolute atomic E-state index is 13.1. The van der Waals surface area contributed by atoms with Gasteiger partial charge in [0.1, 0.15) is 29.2 Å². The lowest BCUT2D eigenvalue weighted by Gasteiger charge is -2.26. The van der Waals surface area contributed by atoms with Crippen LogP contribution < -0.4 is 26.3 Å². The van der Waals surface area contributed by atoms with Crippen molar-refractivity contribution >= 4 is 39.8 Å². The third-order valence-electron chi connectivity index (χ3n) is 5.88. The molecule has 37 heavy (non-hydrogen) atoms. The van der Waals surface area contributed by atoms with Crippen molar-refractivity contribution in [3.63, 3.8) is 0 Å². The molecule has 0 spiro atoms. The van der Waals surface area contributed by atoms with E-state index in [1.54, 1.807) is 25.3 Å². The Morgan fingerprint density at radius 3 is 2.70 bits per heavy atom. The molecule has 0 bridgehead atoms. The van der Waals surface area contributed by atoms with Crippen LogP contribution in [0.4, 0.5) is 5.00 Å². The Kier molecular flexibility index (Phi) is 8.50.